The Morgan fingerprint density at radius 1 is 1.08 bits per heavy atom. The van der Waals surface area contributed by atoms with Gasteiger partial charge in [-0.25, -0.2) is 8.42 Å². The van der Waals surface area contributed by atoms with E-state index in [2.05, 4.69) is 9.71 Å². The van der Waals surface area contributed by atoms with Crippen LogP contribution in [0.15, 0.2) is 64.5 Å². The Morgan fingerprint density at radius 3 is 2.52 bits per heavy atom. The number of carbonyl (C=O) groups excluding carboxylic acids is 1. The van der Waals surface area contributed by atoms with Crippen LogP contribution < -0.4 is 4.72 Å². The first-order chi connectivity index (χ1) is 12.0. The Bertz CT molecular complexity index is 908. The summed E-state index contributed by atoms with van der Waals surface area (Å²) in [6.45, 7) is 0.760. The van der Waals surface area contributed by atoms with Crippen molar-refractivity contribution in [2.24, 2.45) is 4.99 Å². The molecule has 0 atom stereocenters. The van der Waals surface area contributed by atoms with Gasteiger partial charge in [-0.2, -0.15) is 0 Å². The van der Waals surface area contributed by atoms with Crippen molar-refractivity contribution in [1.29, 1.82) is 0 Å². The van der Waals surface area contributed by atoms with E-state index in [1.54, 1.807) is 36.2 Å². The molecule has 1 amide bonds. The first-order valence-corrected chi connectivity index (χ1v) is 9.40. The molecule has 1 aliphatic rings. The Morgan fingerprint density at radius 2 is 1.76 bits per heavy atom. The summed E-state index contributed by atoms with van der Waals surface area (Å²) in [6.07, 6.45) is 0.219. The van der Waals surface area contributed by atoms with E-state index in [0.29, 0.717) is 17.9 Å². The summed E-state index contributed by atoms with van der Waals surface area (Å²) in [4.78, 5) is 18.3. The number of amidine groups is 1. The molecule has 0 aliphatic carbocycles. The van der Waals surface area contributed by atoms with Gasteiger partial charge in [0.25, 0.3) is 10.0 Å². The number of benzene rings is 2. The lowest BCUT2D eigenvalue weighted by Crippen LogP contribution is -2.27. The van der Waals surface area contributed by atoms with Crippen molar-refractivity contribution in [3.63, 3.8) is 0 Å². The quantitative estimate of drug-likeness (QED) is 0.886. The molecule has 1 aliphatic heterocycles. The molecule has 0 radical (unpaired) electrons. The highest BCUT2D eigenvalue weighted by molar-refractivity contribution is 7.90. The van der Waals surface area contributed by atoms with E-state index in [-0.39, 0.29) is 23.8 Å². The molecule has 1 heterocycles. The number of sulfonamides is 1. The van der Waals surface area contributed by atoms with Gasteiger partial charge >= 0.3 is 0 Å². The molecule has 3 rings (SSSR count). The molecule has 0 saturated carbocycles. The average Bonchev–Trinajstić information content (AvgIpc) is 2.87. The van der Waals surface area contributed by atoms with Gasteiger partial charge in [-0.05, 0) is 17.7 Å². The molecule has 0 bridgehead atoms. The van der Waals surface area contributed by atoms with Gasteiger partial charge in [0.1, 0.15) is 5.84 Å². The topological polar surface area (TPSA) is 78.8 Å². The summed E-state index contributed by atoms with van der Waals surface area (Å²) in [7, 11) is -1.79. The maximum Gasteiger partial charge on any atom is 0.263 e. The van der Waals surface area contributed by atoms with Gasteiger partial charge in [-0.1, -0.05) is 42.5 Å². The Kier molecular flexibility index (Phi) is 4.85. The Labute approximate surface area is 147 Å². The van der Waals surface area contributed by atoms with Crippen LogP contribution in [0, 0.1) is 0 Å². The van der Waals surface area contributed by atoms with E-state index < -0.39 is 10.0 Å². The second kappa shape index (κ2) is 7.06. The highest BCUT2D eigenvalue weighted by Gasteiger charge is 2.29. The third kappa shape index (κ3) is 3.88. The van der Waals surface area contributed by atoms with Gasteiger partial charge in [0.15, 0.2) is 0 Å². The molecule has 1 N–H and O–H groups in total. The van der Waals surface area contributed by atoms with Gasteiger partial charge in [0.2, 0.25) is 5.91 Å². The van der Waals surface area contributed by atoms with E-state index in [4.69, 9.17) is 0 Å². The minimum absolute atomic E-state index is 0.0395. The highest BCUT2D eigenvalue weighted by Crippen LogP contribution is 2.22. The first kappa shape index (κ1) is 17.2. The van der Waals surface area contributed by atoms with E-state index in [1.165, 1.54) is 0 Å². The summed E-state index contributed by atoms with van der Waals surface area (Å²) in [5.74, 6) is 0.261. The monoisotopic (exact) mass is 357 g/mol. The second-order valence-corrected chi connectivity index (χ2v) is 7.47. The predicted octanol–water partition coefficient (Wildman–Crippen LogP) is 1.77. The number of hydrogen-bond donors (Lipinski definition) is 1. The van der Waals surface area contributed by atoms with Gasteiger partial charge in [0, 0.05) is 25.6 Å². The smallest absolute Gasteiger partial charge is 0.263 e. The van der Waals surface area contributed by atoms with Gasteiger partial charge in [0.05, 0.1) is 11.4 Å². The van der Waals surface area contributed by atoms with Gasteiger partial charge in [-0.15, -0.1) is 0 Å². The summed E-state index contributed by atoms with van der Waals surface area (Å²) in [5.41, 5.74) is 1.61. The number of fused-ring (bicyclic) bond motifs is 1. The summed E-state index contributed by atoms with van der Waals surface area (Å²) in [6, 6.07) is 16.4. The Balaban J connectivity index is 1.61. The van der Waals surface area contributed by atoms with Crippen molar-refractivity contribution in [1.82, 2.24) is 9.62 Å². The maximum atomic E-state index is 12.2. The van der Waals surface area contributed by atoms with Crippen LogP contribution in [-0.4, -0.2) is 38.7 Å². The lowest BCUT2D eigenvalue weighted by Gasteiger charge is -2.16. The molecule has 0 unspecified atom stereocenters. The van der Waals surface area contributed by atoms with Crippen LogP contribution in [0.1, 0.15) is 17.5 Å². The normalized spacial score (nSPS) is 16.3. The van der Waals surface area contributed by atoms with Crippen molar-refractivity contribution < 1.29 is 13.2 Å². The lowest BCUT2D eigenvalue weighted by atomic mass is 10.2. The fourth-order valence-electron chi connectivity index (χ4n) is 2.65. The lowest BCUT2D eigenvalue weighted by molar-refractivity contribution is -0.130. The van der Waals surface area contributed by atoms with E-state index in [1.807, 2.05) is 30.3 Å². The van der Waals surface area contributed by atoms with Crippen molar-refractivity contribution in [3.05, 3.63) is 65.7 Å². The molecular formula is C18H19N3O3S. The third-order valence-corrected chi connectivity index (χ3v) is 5.34. The van der Waals surface area contributed by atoms with Crippen LogP contribution in [0.5, 0.6) is 0 Å². The van der Waals surface area contributed by atoms with Crippen LogP contribution in [0.4, 0.5) is 0 Å². The van der Waals surface area contributed by atoms with E-state index >= 15 is 0 Å². The molecule has 2 aromatic rings. The highest BCUT2D eigenvalue weighted by atomic mass is 32.2. The summed E-state index contributed by atoms with van der Waals surface area (Å²) < 4.78 is 26.4. The molecule has 7 heteroatoms. The zero-order valence-electron chi connectivity index (χ0n) is 13.8. The fourth-order valence-corrected chi connectivity index (χ4v) is 3.90. The zero-order valence-corrected chi connectivity index (χ0v) is 14.7. The van der Waals surface area contributed by atoms with Crippen molar-refractivity contribution in [2.75, 3.05) is 13.6 Å². The van der Waals surface area contributed by atoms with E-state index in [9.17, 15) is 13.2 Å². The van der Waals surface area contributed by atoms with Gasteiger partial charge < -0.3 is 4.90 Å². The number of nitrogens with zero attached hydrogens (tertiary/aromatic N) is 2. The predicted molar refractivity (Wildman–Crippen MR) is 95.7 cm³/mol. The van der Waals surface area contributed by atoms with Crippen molar-refractivity contribution in [3.8, 4) is 0 Å². The Hall–Kier alpha value is -2.67. The molecular weight excluding hydrogens is 338 g/mol. The minimum atomic E-state index is -3.54. The zero-order chi connectivity index (χ0) is 17.9. The molecule has 2 aromatic carbocycles. The van der Waals surface area contributed by atoms with Crippen LogP contribution >= 0.6 is 0 Å². The summed E-state index contributed by atoms with van der Waals surface area (Å²) >= 11 is 0. The number of nitrogens with one attached hydrogen (secondary N) is 1. The van der Waals surface area contributed by atoms with Crippen LogP contribution in [0.25, 0.3) is 0 Å². The molecule has 130 valence electrons. The number of aliphatic imine (C=N–C) groups is 1. The third-order valence-electron chi connectivity index (χ3n) is 3.95. The summed E-state index contributed by atoms with van der Waals surface area (Å²) in [5, 5.41) is 0. The maximum absolute atomic E-state index is 12.2. The molecule has 0 spiro atoms. The second-order valence-electron chi connectivity index (χ2n) is 5.82. The molecule has 25 heavy (non-hydrogen) atoms. The number of amides is 1. The molecule has 0 saturated heterocycles. The minimum Gasteiger partial charge on any atom is -0.341 e. The number of carbonyl (C=O) groups is 1. The van der Waals surface area contributed by atoms with Gasteiger partial charge in [-0.3, -0.25) is 14.5 Å². The standard InChI is InChI=1S/C18H19N3O3S/c1-21(13-14-7-3-2-4-8-14)17(22)11-12-19-18-15-9-5-6-10-16(15)25(23,24)20-18/h2-10H,11-13H2,1H3,(H,19,20). The van der Waals surface area contributed by atoms with Crippen molar-refractivity contribution >= 4 is 21.8 Å². The number of hydrogen-bond acceptors (Lipinski definition) is 4. The van der Waals surface area contributed by atoms with Crippen molar-refractivity contribution in [2.45, 2.75) is 17.9 Å². The first-order valence-electron chi connectivity index (χ1n) is 7.92. The van der Waals surface area contributed by atoms with Crippen LogP contribution in [0.3, 0.4) is 0 Å². The van der Waals surface area contributed by atoms with E-state index in [0.717, 1.165) is 5.56 Å². The average molecular weight is 357 g/mol. The fraction of sp³-hybridized carbons (Fsp3) is 0.222. The molecule has 6 nitrogen and oxygen atoms in total. The van der Waals surface area contributed by atoms with Crippen LogP contribution in [0.2, 0.25) is 0 Å². The number of rotatable bonds is 5. The molecule has 0 fully saturated rings. The SMILES string of the molecule is CN(Cc1ccccc1)C(=O)CCN=C1NS(=O)(=O)c2ccccc21. The largest absolute Gasteiger partial charge is 0.341 e. The molecule has 0 aromatic heterocycles. The van der Waals surface area contributed by atoms with Crippen LogP contribution in [-0.2, 0) is 21.4 Å².